The van der Waals surface area contributed by atoms with E-state index < -0.39 is 17.8 Å². The van der Waals surface area contributed by atoms with E-state index in [-0.39, 0.29) is 10.7 Å². The second kappa shape index (κ2) is 7.61. The number of nitrogens with one attached hydrogen (secondary N) is 1. The van der Waals surface area contributed by atoms with Gasteiger partial charge in [-0.15, -0.1) is 0 Å². The molecule has 0 aromatic heterocycles. The Morgan fingerprint density at radius 1 is 1.29 bits per heavy atom. The van der Waals surface area contributed by atoms with Gasteiger partial charge in [-0.1, -0.05) is 18.5 Å². The molecule has 1 aliphatic heterocycles. The standard InChI is InChI=1S/C16H21ClF3N3O/c1-3-11(2)22-6-8-23(9-7-22)15(24)21-14-5-4-12(17)10-13(14)16(18,19)20/h4-5,10-11H,3,6-9H2,1-2H3,(H,21,24). The molecule has 2 rings (SSSR count). The van der Waals surface area contributed by atoms with Crippen molar-refractivity contribution in [1.29, 1.82) is 0 Å². The van der Waals surface area contributed by atoms with Gasteiger partial charge < -0.3 is 10.2 Å². The lowest BCUT2D eigenvalue weighted by Gasteiger charge is -2.37. The van der Waals surface area contributed by atoms with Crippen LogP contribution in [0.4, 0.5) is 23.7 Å². The first kappa shape index (κ1) is 18.9. The molecular weight excluding hydrogens is 343 g/mol. The molecule has 1 aromatic rings. The number of carbonyl (C=O) groups excluding carboxylic acids is 1. The average molecular weight is 364 g/mol. The van der Waals surface area contributed by atoms with Crippen LogP contribution in [0.25, 0.3) is 0 Å². The van der Waals surface area contributed by atoms with Crippen molar-refractivity contribution in [2.45, 2.75) is 32.5 Å². The van der Waals surface area contributed by atoms with Crippen molar-refractivity contribution >= 4 is 23.3 Å². The molecule has 1 aromatic carbocycles. The molecule has 1 fully saturated rings. The lowest BCUT2D eigenvalue weighted by molar-refractivity contribution is -0.136. The fraction of sp³-hybridized carbons (Fsp3) is 0.562. The van der Waals surface area contributed by atoms with Gasteiger partial charge in [0.15, 0.2) is 0 Å². The molecule has 1 heterocycles. The SMILES string of the molecule is CCC(C)N1CCN(C(=O)Nc2ccc(Cl)cc2C(F)(F)F)CC1. The minimum absolute atomic E-state index is 0.0255. The first-order chi connectivity index (χ1) is 11.2. The number of alkyl halides is 3. The number of halogens is 4. The minimum Gasteiger partial charge on any atom is -0.322 e. The maximum atomic E-state index is 13.1. The Morgan fingerprint density at radius 2 is 1.92 bits per heavy atom. The topological polar surface area (TPSA) is 35.6 Å². The molecule has 4 nitrogen and oxygen atoms in total. The molecule has 0 aliphatic carbocycles. The molecule has 24 heavy (non-hydrogen) atoms. The van der Waals surface area contributed by atoms with Crippen molar-refractivity contribution < 1.29 is 18.0 Å². The molecule has 1 aliphatic rings. The number of nitrogens with zero attached hydrogens (tertiary/aromatic N) is 2. The zero-order valence-electron chi connectivity index (χ0n) is 13.7. The van der Waals surface area contributed by atoms with Crippen molar-refractivity contribution in [2.24, 2.45) is 0 Å². The zero-order valence-corrected chi connectivity index (χ0v) is 14.4. The molecular formula is C16H21ClF3N3O. The molecule has 134 valence electrons. The summed E-state index contributed by atoms with van der Waals surface area (Å²) >= 11 is 5.64. The number of carbonyl (C=O) groups is 1. The van der Waals surface area contributed by atoms with Crippen LogP contribution < -0.4 is 5.32 Å². The average Bonchev–Trinajstić information content (AvgIpc) is 2.55. The Labute approximate surface area is 144 Å². The fourth-order valence-electron chi connectivity index (χ4n) is 2.68. The van der Waals surface area contributed by atoms with Gasteiger partial charge >= 0.3 is 12.2 Å². The lowest BCUT2D eigenvalue weighted by atomic mass is 10.1. The van der Waals surface area contributed by atoms with Crippen LogP contribution in [0, 0.1) is 0 Å². The highest BCUT2D eigenvalue weighted by Crippen LogP contribution is 2.36. The Bertz CT molecular complexity index is 586. The highest BCUT2D eigenvalue weighted by atomic mass is 35.5. The van der Waals surface area contributed by atoms with Gasteiger partial charge in [-0.05, 0) is 31.5 Å². The summed E-state index contributed by atoms with van der Waals surface area (Å²) in [4.78, 5) is 16.1. The lowest BCUT2D eigenvalue weighted by Crippen LogP contribution is -2.52. The van der Waals surface area contributed by atoms with Crippen LogP contribution in [0.1, 0.15) is 25.8 Å². The number of amides is 2. The van der Waals surface area contributed by atoms with E-state index in [0.717, 1.165) is 25.6 Å². The number of hydrogen-bond acceptors (Lipinski definition) is 2. The van der Waals surface area contributed by atoms with Crippen LogP contribution in [-0.2, 0) is 6.18 Å². The van der Waals surface area contributed by atoms with Gasteiger partial charge in [0, 0.05) is 37.2 Å². The maximum absolute atomic E-state index is 13.1. The molecule has 2 amide bonds. The second-order valence-electron chi connectivity index (χ2n) is 5.90. The molecule has 8 heteroatoms. The number of benzene rings is 1. The van der Waals surface area contributed by atoms with E-state index in [1.54, 1.807) is 0 Å². The van der Waals surface area contributed by atoms with E-state index in [0.29, 0.717) is 19.1 Å². The molecule has 1 saturated heterocycles. The second-order valence-corrected chi connectivity index (χ2v) is 6.33. The van der Waals surface area contributed by atoms with Gasteiger partial charge in [0.25, 0.3) is 0 Å². The number of rotatable bonds is 3. The molecule has 1 N–H and O–H groups in total. The maximum Gasteiger partial charge on any atom is 0.418 e. The van der Waals surface area contributed by atoms with Crippen molar-refractivity contribution in [3.05, 3.63) is 28.8 Å². The first-order valence-electron chi connectivity index (χ1n) is 7.89. The highest BCUT2D eigenvalue weighted by molar-refractivity contribution is 6.30. The predicted molar refractivity (Wildman–Crippen MR) is 88.4 cm³/mol. The number of urea groups is 1. The minimum atomic E-state index is -4.58. The monoisotopic (exact) mass is 363 g/mol. The third kappa shape index (κ3) is 4.54. The van der Waals surface area contributed by atoms with Gasteiger partial charge in [-0.2, -0.15) is 13.2 Å². The summed E-state index contributed by atoms with van der Waals surface area (Å²) in [5.41, 5.74) is -1.22. The quantitative estimate of drug-likeness (QED) is 0.868. The Kier molecular flexibility index (Phi) is 5.98. The van der Waals surface area contributed by atoms with Crippen molar-refractivity contribution in [3.8, 4) is 0 Å². The Balaban J connectivity index is 2.04. The van der Waals surface area contributed by atoms with Crippen LogP contribution in [0.15, 0.2) is 18.2 Å². The predicted octanol–water partition coefficient (Wildman–Crippen LogP) is 4.31. The van der Waals surface area contributed by atoms with E-state index in [1.807, 2.05) is 0 Å². The Hall–Kier alpha value is -1.47. The summed E-state index contributed by atoms with van der Waals surface area (Å²) in [6, 6.07) is 3.24. The molecule has 0 bridgehead atoms. The Morgan fingerprint density at radius 3 is 2.46 bits per heavy atom. The van der Waals surface area contributed by atoms with Crippen LogP contribution in [0.3, 0.4) is 0 Å². The van der Waals surface area contributed by atoms with E-state index in [4.69, 9.17) is 11.6 Å². The molecule has 0 radical (unpaired) electrons. The molecule has 0 spiro atoms. The van der Waals surface area contributed by atoms with Crippen molar-refractivity contribution in [3.63, 3.8) is 0 Å². The number of anilines is 1. The smallest absolute Gasteiger partial charge is 0.322 e. The van der Waals surface area contributed by atoms with Crippen LogP contribution in [0.2, 0.25) is 5.02 Å². The third-order valence-corrected chi connectivity index (χ3v) is 4.58. The van der Waals surface area contributed by atoms with Gasteiger partial charge in [-0.25, -0.2) is 4.79 Å². The van der Waals surface area contributed by atoms with E-state index in [1.165, 1.54) is 17.0 Å². The summed E-state index contributed by atoms with van der Waals surface area (Å²) in [6.07, 6.45) is -3.56. The summed E-state index contributed by atoms with van der Waals surface area (Å²) in [5, 5.41) is 2.34. The van der Waals surface area contributed by atoms with E-state index in [9.17, 15) is 18.0 Å². The normalized spacial score (nSPS) is 17.7. The number of piperazine rings is 1. The van der Waals surface area contributed by atoms with E-state index >= 15 is 0 Å². The summed E-state index contributed by atoms with van der Waals surface area (Å²) in [6.45, 7) is 6.64. The van der Waals surface area contributed by atoms with Gasteiger partial charge in [-0.3, -0.25) is 4.90 Å². The fourth-order valence-corrected chi connectivity index (χ4v) is 2.85. The molecule has 1 atom stereocenters. The van der Waals surface area contributed by atoms with Crippen LogP contribution in [0.5, 0.6) is 0 Å². The highest BCUT2D eigenvalue weighted by Gasteiger charge is 2.34. The van der Waals surface area contributed by atoms with Gasteiger partial charge in [0.05, 0.1) is 11.3 Å². The van der Waals surface area contributed by atoms with Crippen LogP contribution >= 0.6 is 11.6 Å². The van der Waals surface area contributed by atoms with Gasteiger partial charge in [0.2, 0.25) is 0 Å². The summed E-state index contributed by atoms with van der Waals surface area (Å²) in [7, 11) is 0. The van der Waals surface area contributed by atoms with E-state index in [2.05, 4.69) is 24.1 Å². The van der Waals surface area contributed by atoms with Crippen molar-refractivity contribution in [1.82, 2.24) is 9.80 Å². The largest absolute Gasteiger partial charge is 0.418 e. The third-order valence-electron chi connectivity index (χ3n) is 4.34. The van der Waals surface area contributed by atoms with Gasteiger partial charge in [0.1, 0.15) is 0 Å². The van der Waals surface area contributed by atoms with Crippen LogP contribution in [-0.4, -0.2) is 48.1 Å². The van der Waals surface area contributed by atoms with Crippen molar-refractivity contribution in [2.75, 3.05) is 31.5 Å². The first-order valence-corrected chi connectivity index (χ1v) is 8.27. The molecule has 1 unspecified atom stereocenters. The summed E-state index contributed by atoms with van der Waals surface area (Å²) in [5.74, 6) is 0. The number of hydrogen-bond donors (Lipinski definition) is 1. The summed E-state index contributed by atoms with van der Waals surface area (Å²) < 4.78 is 39.2. The zero-order chi connectivity index (χ0) is 17.9. The molecule has 0 saturated carbocycles.